The molecular weight excluding hydrogens is 320 g/mol. The number of nitrogens with zero attached hydrogens (tertiary/aromatic N) is 3. The van der Waals surface area contributed by atoms with Gasteiger partial charge in [-0.1, -0.05) is 12.1 Å². The van der Waals surface area contributed by atoms with Crippen molar-refractivity contribution >= 4 is 11.9 Å². The van der Waals surface area contributed by atoms with Gasteiger partial charge in [-0.25, -0.2) is 9.97 Å². The number of hydrogen-bond acceptors (Lipinski definition) is 6. The van der Waals surface area contributed by atoms with Crippen LogP contribution in [0.15, 0.2) is 36.7 Å². The van der Waals surface area contributed by atoms with E-state index in [1.807, 2.05) is 24.3 Å². The minimum Gasteiger partial charge on any atom is -0.497 e. The van der Waals surface area contributed by atoms with Crippen molar-refractivity contribution in [3.8, 4) is 5.75 Å². The van der Waals surface area contributed by atoms with Gasteiger partial charge in [0.25, 0.3) is 5.91 Å². The zero-order valence-corrected chi connectivity index (χ0v) is 14.3. The molecule has 7 nitrogen and oxygen atoms in total. The van der Waals surface area contributed by atoms with E-state index in [0.717, 1.165) is 12.2 Å². The van der Waals surface area contributed by atoms with Gasteiger partial charge in [0, 0.05) is 32.0 Å². The van der Waals surface area contributed by atoms with Gasteiger partial charge in [0.1, 0.15) is 5.75 Å². The quantitative estimate of drug-likeness (QED) is 0.859. The van der Waals surface area contributed by atoms with E-state index in [0.29, 0.717) is 44.4 Å². The van der Waals surface area contributed by atoms with E-state index in [1.54, 1.807) is 24.4 Å². The maximum atomic E-state index is 12.3. The highest BCUT2D eigenvalue weighted by atomic mass is 16.5. The van der Waals surface area contributed by atoms with Crippen LogP contribution in [0, 0.1) is 0 Å². The lowest BCUT2D eigenvalue weighted by Crippen LogP contribution is -2.40. The monoisotopic (exact) mass is 342 g/mol. The summed E-state index contributed by atoms with van der Waals surface area (Å²) in [4.78, 5) is 22.5. The van der Waals surface area contributed by atoms with Gasteiger partial charge in [0.05, 0.1) is 25.9 Å². The Morgan fingerprint density at radius 2 is 1.88 bits per heavy atom. The lowest BCUT2D eigenvalue weighted by molar-refractivity contribution is 0.0302. The second kappa shape index (κ2) is 8.43. The molecule has 1 fully saturated rings. The maximum Gasteiger partial charge on any atom is 0.257 e. The van der Waals surface area contributed by atoms with Gasteiger partial charge in [0.15, 0.2) is 0 Å². The molecule has 1 aromatic carbocycles. The Labute approximate surface area is 147 Å². The molecule has 1 saturated heterocycles. The van der Waals surface area contributed by atoms with Crippen LogP contribution in [-0.2, 0) is 11.2 Å². The molecule has 2 heterocycles. The number of nitrogens with one attached hydrogen (secondary N) is 1. The fraction of sp³-hybridized carbons (Fsp3) is 0.389. The van der Waals surface area contributed by atoms with Crippen molar-refractivity contribution in [2.24, 2.45) is 0 Å². The second-order valence-electron chi connectivity index (χ2n) is 5.72. The number of benzene rings is 1. The number of carbonyl (C=O) groups is 1. The third kappa shape index (κ3) is 4.67. The van der Waals surface area contributed by atoms with Crippen molar-refractivity contribution in [1.29, 1.82) is 0 Å². The number of rotatable bonds is 6. The zero-order chi connectivity index (χ0) is 17.5. The Bertz CT molecular complexity index is 682. The predicted molar refractivity (Wildman–Crippen MR) is 93.9 cm³/mol. The summed E-state index contributed by atoms with van der Waals surface area (Å²) in [5, 5.41) is 3.17. The highest BCUT2D eigenvalue weighted by Crippen LogP contribution is 2.12. The van der Waals surface area contributed by atoms with Crippen LogP contribution in [0.2, 0.25) is 0 Å². The molecule has 2 aromatic rings. The first kappa shape index (κ1) is 17.2. The molecule has 0 atom stereocenters. The van der Waals surface area contributed by atoms with E-state index < -0.39 is 0 Å². The molecule has 0 aliphatic carbocycles. The lowest BCUT2D eigenvalue weighted by Gasteiger charge is -2.26. The van der Waals surface area contributed by atoms with Crippen LogP contribution in [0.25, 0.3) is 0 Å². The number of carbonyl (C=O) groups excluding carboxylic acids is 1. The van der Waals surface area contributed by atoms with Crippen molar-refractivity contribution in [3.05, 3.63) is 47.8 Å². The molecule has 7 heteroatoms. The fourth-order valence-electron chi connectivity index (χ4n) is 2.59. The van der Waals surface area contributed by atoms with Gasteiger partial charge >= 0.3 is 0 Å². The molecular formula is C18H22N4O3. The van der Waals surface area contributed by atoms with Crippen LogP contribution < -0.4 is 10.1 Å². The molecule has 1 amide bonds. The number of ether oxygens (including phenoxy) is 2. The minimum absolute atomic E-state index is 0.0481. The normalized spacial score (nSPS) is 14.2. The molecule has 0 unspecified atom stereocenters. The van der Waals surface area contributed by atoms with Gasteiger partial charge in [-0.15, -0.1) is 0 Å². The van der Waals surface area contributed by atoms with E-state index in [2.05, 4.69) is 15.3 Å². The van der Waals surface area contributed by atoms with E-state index in [-0.39, 0.29) is 5.91 Å². The number of methoxy groups -OCH3 is 1. The highest BCUT2D eigenvalue weighted by molar-refractivity contribution is 5.93. The summed E-state index contributed by atoms with van der Waals surface area (Å²) in [6, 6.07) is 7.95. The van der Waals surface area contributed by atoms with Crippen molar-refractivity contribution in [2.45, 2.75) is 6.42 Å². The standard InChI is InChI=1S/C18H22N4O3/c1-24-16-4-2-14(3-5-16)6-7-19-18-20-12-15(13-21-18)17(23)22-8-10-25-11-9-22/h2-5,12-13H,6-11H2,1H3,(H,19,20,21). The summed E-state index contributed by atoms with van der Waals surface area (Å²) >= 11 is 0. The fourth-order valence-corrected chi connectivity index (χ4v) is 2.59. The molecule has 0 bridgehead atoms. The topological polar surface area (TPSA) is 76.6 Å². The highest BCUT2D eigenvalue weighted by Gasteiger charge is 2.19. The van der Waals surface area contributed by atoms with E-state index in [4.69, 9.17) is 9.47 Å². The third-order valence-electron chi connectivity index (χ3n) is 4.05. The summed E-state index contributed by atoms with van der Waals surface area (Å²) in [6.07, 6.45) is 3.99. The molecule has 0 saturated carbocycles. The molecule has 1 aliphatic rings. The molecule has 0 spiro atoms. The first-order valence-electron chi connectivity index (χ1n) is 8.32. The first-order chi connectivity index (χ1) is 12.3. The predicted octanol–water partition coefficient (Wildman–Crippen LogP) is 1.61. The largest absolute Gasteiger partial charge is 0.497 e. The van der Waals surface area contributed by atoms with Crippen LogP contribution in [0.5, 0.6) is 5.75 Å². The first-order valence-corrected chi connectivity index (χ1v) is 8.32. The molecule has 1 aliphatic heterocycles. The Balaban J connectivity index is 1.49. The van der Waals surface area contributed by atoms with Crippen molar-refractivity contribution in [2.75, 3.05) is 45.3 Å². The van der Waals surface area contributed by atoms with Gasteiger partial charge in [-0.05, 0) is 24.1 Å². The van der Waals surface area contributed by atoms with Gasteiger partial charge in [0.2, 0.25) is 5.95 Å². The van der Waals surface area contributed by atoms with E-state index >= 15 is 0 Å². The van der Waals surface area contributed by atoms with Crippen LogP contribution in [-0.4, -0.2) is 60.7 Å². The number of morpholine rings is 1. The minimum atomic E-state index is -0.0481. The Morgan fingerprint density at radius 1 is 1.20 bits per heavy atom. The summed E-state index contributed by atoms with van der Waals surface area (Å²) < 4.78 is 10.4. The van der Waals surface area contributed by atoms with Crippen molar-refractivity contribution in [3.63, 3.8) is 0 Å². The smallest absolute Gasteiger partial charge is 0.257 e. The van der Waals surface area contributed by atoms with E-state index in [9.17, 15) is 4.79 Å². The van der Waals surface area contributed by atoms with Gasteiger partial charge in [-0.2, -0.15) is 0 Å². The van der Waals surface area contributed by atoms with Crippen molar-refractivity contribution in [1.82, 2.24) is 14.9 Å². The number of hydrogen-bond donors (Lipinski definition) is 1. The van der Waals surface area contributed by atoms with Gasteiger partial charge < -0.3 is 19.7 Å². The van der Waals surface area contributed by atoms with Crippen molar-refractivity contribution < 1.29 is 14.3 Å². The zero-order valence-electron chi connectivity index (χ0n) is 14.3. The molecule has 1 N–H and O–H groups in total. The van der Waals surface area contributed by atoms with Crippen LogP contribution >= 0.6 is 0 Å². The summed E-state index contributed by atoms with van der Waals surface area (Å²) in [5.41, 5.74) is 1.70. The van der Waals surface area contributed by atoms with Crippen LogP contribution in [0.4, 0.5) is 5.95 Å². The molecule has 0 radical (unpaired) electrons. The van der Waals surface area contributed by atoms with Crippen LogP contribution in [0.1, 0.15) is 15.9 Å². The molecule has 3 rings (SSSR count). The molecule has 25 heavy (non-hydrogen) atoms. The summed E-state index contributed by atoms with van der Waals surface area (Å²) in [7, 11) is 1.65. The third-order valence-corrected chi connectivity index (χ3v) is 4.05. The maximum absolute atomic E-state index is 12.3. The summed E-state index contributed by atoms with van der Waals surface area (Å²) in [6.45, 7) is 3.10. The Kier molecular flexibility index (Phi) is 5.79. The molecule has 1 aromatic heterocycles. The average Bonchev–Trinajstić information content (AvgIpc) is 2.69. The van der Waals surface area contributed by atoms with E-state index in [1.165, 1.54) is 5.56 Å². The average molecular weight is 342 g/mol. The number of anilines is 1. The lowest BCUT2D eigenvalue weighted by atomic mass is 10.1. The SMILES string of the molecule is COc1ccc(CCNc2ncc(C(=O)N3CCOCC3)cn2)cc1. The molecule has 132 valence electrons. The Morgan fingerprint density at radius 3 is 2.52 bits per heavy atom. The van der Waals surface area contributed by atoms with Gasteiger partial charge in [-0.3, -0.25) is 4.79 Å². The second-order valence-corrected chi connectivity index (χ2v) is 5.72. The number of aromatic nitrogens is 2. The Hall–Kier alpha value is -2.67. The number of amides is 1. The summed E-state index contributed by atoms with van der Waals surface area (Å²) in [5.74, 6) is 1.32. The van der Waals surface area contributed by atoms with Crippen LogP contribution in [0.3, 0.4) is 0 Å².